The van der Waals surface area contributed by atoms with Gasteiger partial charge in [-0.2, -0.15) is 0 Å². The molecule has 5 heterocycles. The lowest BCUT2D eigenvalue weighted by atomic mass is 9.83. The number of aromatic hydroxyl groups is 1. The minimum absolute atomic E-state index is 0.215. The predicted molar refractivity (Wildman–Crippen MR) is 128 cm³/mol. The van der Waals surface area contributed by atoms with E-state index in [1.54, 1.807) is 6.07 Å². The van der Waals surface area contributed by atoms with E-state index in [4.69, 9.17) is 14.2 Å². The predicted octanol–water partition coefficient (Wildman–Crippen LogP) is 3.30. The molecule has 0 radical (unpaired) electrons. The minimum Gasteiger partial charge on any atom is -0.507 e. The van der Waals surface area contributed by atoms with E-state index in [1.165, 1.54) is 11.3 Å². The number of aromatic nitrogens is 3. The van der Waals surface area contributed by atoms with E-state index in [9.17, 15) is 5.11 Å². The number of benzene rings is 1. The van der Waals surface area contributed by atoms with Crippen molar-refractivity contribution in [3.05, 3.63) is 41.6 Å². The van der Waals surface area contributed by atoms with Gasteiger partial charge in [-0.05, 0) is 55.9 Å². The Labute approximate surface area is 199 Å². The van der Waals surface area contributed by atoms with Gasteiger partial charge < -0.3 is 29.6 Å². The smallest absolute Gasteiger partial charge is 0.160 e. The number of nitrogens with one attached hydrogen (secondary N) is 2. The number of aryl methyl sites for hydroxylation is 1. The van der Waals surface area contributed by atoms with Gasteiger partial charge in [-0.15, -0.1) is 10.2 Å². The second kappa shape index (κ2) is 9.62. The van der Waals surface area contributed by atoms with Gasteiger partial charge >= 0.3 is 0 Å². The molecular weight excluding hydrogens is 432 g/mol. The van der Waals surface area contributed by atoms with Crippen LogP contribution in [0.3, 0.4) is 0 Å². The molecule has 0 amide bonds. The zero-order valence-corrected chi connectivity index (χ0v) is 19.3. The molecule has 2 aromatic heterocycles. The topological polar surface area (TPSA) is 102 Å². The average molecular weight is 465 g/mol. The molecule has 8 heteroatoms. The number of fused-ring (bicyclic) bond motifs is 3. The fourth-order valence-corrected chi connectivity index (χ4v) is 5.72. The number of rotatable bonds is 7. The number of phenols is 1. The van der Waals surface area contributed by atoms with E-state index in [0.29, 0.717) is 35.9 Å². The largest absolute Gasteiger partial charge is 0.507 e. The fourth-order valence-electron chi connectivity index (χ4n) is 5.72. The van der Waals surface area contributed by atoms with Crippen molar-refractivity contribution < 1.29 is 19.3 Å². The molecule has 2 unspecified atom stereocenters. The van der Waals surface area contributed by atoms with Gasteiger partial charge in [0.05, 0.1) is 31.6 Å². The Bertz CT molecular complexity index is 1130. The second-order valence-electron chi connectivity index (χ2n) is 9.75. The Morgan fingerprint density at radius 3 is 2.71 bits per heavy atom. The van der Waals surface area contributed by atoms with Crippen molar-refractivity contribution in [2.24, 2.45) is 0 Å². The molecule has 0 aliphatic carbocycles. The number of aromatic amines is 1. The summed E-state index contributed by atoms with van der Waals surface area (Å²) in [6.45, 7) is 3.77. The maximum atomic E-state index is 10.4. The lowest BCUT2D eigenvalue weighted by Crippen LogP contribution is -2.53. The molecule has 3 N–H and O–H groups in total. The number of hydrogen-bond donors (Lipinski definition) is 3. The summed E-state index contributed by atoms with van der Waals surface area (Å²) in [5, 5.41) is 24.1. The number of phenolic OH excluding ortho intramolecular Hbond substituents is 1. The SMILES string of the molecule is Oc1ccccc1-c1cc2c(CCCOC3CCOC3)c(C3C[C@H]4COC[C@@H](C3)N4)[nH]c2nn1. The standard InChI is InChI=1S/C26H32N4O4/c31-24-6-2-1-4-21(24)23-12-22-20(5-3-8-34-19-7-9-32-15-19)25(28-26(22)30-29-23)16-10-17-13-33-14-18(11-16)27-17/h1-2,4,6,12,16-19,27,31H,3,5,7-11,13-15H2,(H,28,30)/t16?,17-,18+,19?. The first-order chi connectivity index (χ1) is 16.7. The van der Waals surface area contributed by atoms with Crippen molar-refractivity contribution in [3.8, 4) is 17.0 Å². The van der Waals surface area contributed by atoms with Crippen LogP contribution >= 0.6 is 0 Å². The number of piperidine rings is 1. The van der Waals surface area contributed by atoms with Gasteiger partial charge in [0.15, 0.2) is 5.65 Å². The first kappa shape index (κ1) is 22.0. The summed E-state index contributed by atoms with van der Waals surface area (Å²) in [4.78, 5) is 3.63. The van der Waals surface area contributed by atoms with E-state index in [0.717, 1.165) is 69.6 Å². The number of morpholine rings is 1. The van der Waals surface area contributed by atoms with Crippen LogP contribution in [0.4, 0.5) is 0 Å². The molecule has 3 fully saturated rings. The Hall–Kier alpha value is -2.52. The van der Waals surface area contributed by atoms with Gasteiger partial charge in [-0.25, -0.2) is 0 Å². The highest BCUT2D eigenvalue weighted by Crippen LogP contribution is 2.38. The molecular formula is C26H32N4O4. The Morgan fingerprint density at radius 2 is 1.91 bits per heavy atom. The maximum absolute atomic E-state index is 10.4. The zero-order chi connectivity index (χ0) is 22.9. The Kier molecular flexibility index (Phi) is 6.22. The number of para-hydroxylation sites is 1. The zero-order valence-electron chi connectivity index (χ0n) is 19.3. The van der Waals surface area contributed by atoms with Crippen molar-refractivity contribution in [3.63, 3.8) is 0 Å². The third-order valence-corrected chi connectivity index (χ3v) is 7.35. The molecule has 8 nitrogen and oxygen atoms in total. The Balaban J connectivity index is 1.31. The Morgan fingerprint density at radius 1 is 1.06 bits per heavy atom. The molecule has 4 atom stereocenters. The van der Waals surface area contributed by atoms with Crippen molar-refractivity contribution in [2.75, 3.05) is 33.0 Å². The molecule has 3 aliphatic heterocycles. The summed E-state index contributed by atoms with van der Waals surface area (Å²) in [6.07, 6.45) is 5.15. The third kappa shape index (κ3) is 4.43. The van der Waals surface area contributed by atoms with Gasteiger partial charge in [0.2, 0.25) is 0 Å². The van der Waals surface area contributed by atoms with Crippen LogP contribution in [0.2, 0.25) is 0 Å². The highest BCUT2D eigenvalue weighted by molar-refractivity contribution is 5.85. The summed E-state index contributed by atoms with van der Waals surface area (Å²) < 4.78 is 17.2. The first-order valence-corrected chi connectivity index (χ1v) is 12.4. The van der Waals surface area contributed by atoms with Crippen LogP contribution < -0.4 is 5.32 Å². The summed E-state index contributed by atoms with van der Waals surface area (Å²) in [7, 11) is 0. The van der Waals surface area contributed by atoms with E-state index in [-0.39, 0.29) is 11.9 Å². The first-order valence-electron chi connectivity index (χ1n) is 12.4. The van der Waals surface area contributed by atoms with Crippen molar-refractivity contribution >= 4 is 11.0 Å². The van der Waals surface area contributed by atoms with E-state index in [1.807, 2.05) is 18.2 Å². The van der Waals surface area contributed by atoms with Crippen molar-refractivity contribution in [2.45, 2.75) is 56.2 Å². The fraction of sp³-hybridized carbons (Fsp3) is 0.538. The summed E-state index contributed by atoms with van der Waals surface area (Å²) in [5.74, 6) is 0.647. The lowest BCUT2D eigenvalue weighted by molar-refractivity contribution is 0.0176. The highest BCUT2D eigenvalue weighted by atomic mass is 16.5. The van der Waals surface area contributed by atoms with Gasteiger partial charge in [0.1, 0.15) is 5.75 Å². The minimum atomic E-state index is 0.215. The molecule has 3 aromatic rings. The summed E-state index contributed by atoms with van der Waals surface area (Å²) in [5.41, 5.74) is 4.78. The number of nitrogens with zero attached hydrogens (tertiary/aromatic N) is 2. The van der Waals surface area contributed by atoms with Gasteiger partial charge in [0, 0.05) is 47.9 Å². The summed E-state index contributed by atoms with van der Waals surface area (Å²) >= 11 is 0. The highest BCUT2D eigenvalue weighted by Gasteiger charge is 2.34. The number of H-pyrrole nitrogens is 1. The quantitative estimate of drug-likeness (QED) is 0.461. The maximum Gasteiger partial charge on any atom is 0.160 e. The van der Waals surface area contributed by atoms with Crippen molar-refractivity contribution in [1.82, 2.24) is 20.5 Å². The number of ether oxygens (including phenoxy) is 3. The summed E-state index contributed by atoms with van der Waals surface area (Å²) in [6, 6.07) is 10.1. The third-order valence-electron chi connectivity index (χ3n) is 7.35. The van der Waals surface area contributed by atoms with Crippen molar-refractivity contribution in [1.29, 1.82) is 0 Å². The van der Waals surface area contributed by atoms with E-state index >= 15 is 0 Å². The van der Waals surface area contributed by atoms with Gasteiger partial charge in [0.25, 0.3) is 0 Å². The van der Waals surface area contributed by atoms with Crippen LogP contribution in [-0.2, 0) is 20.6 Å². The number of hydrogen-bond acceptors (Lipinski definition) is 7. The van der Waals surface area contributed by atoms with Crippen LogP contribution in [0.25, 0.3) is 22.3 Å². The van der Waals surface area contributed by atoms with E-state index < -0.39 is 0 Å². The van der Waals surface area contributed by atoms with Crippen LogP contribution in [0.1, 0.15) is 42.9 Å². The molecule has 3 aliphatic rings. The van der Waals surface area contributed by atoms with Crippen LogP contribution in [0, 0.1) is 0 Å². The molecule has 6 rings (SSSR count). The molecule has 1 aromatic carbocycles. The van der Waals surface area contributed by atoms with Gasteiger partial charge in [-0.3, -0.25) is 0 Å². The van der Waals surface area contributed by atoms with Crippen LogP contribution in [-0.4, -0.2) is 71.5 Å². The molecule has 0 spiro atoms. The van der Waals surface area contributed by atoms with Crippen LogP contribution in [0.5, 0.6) is 5.75 Å². The molecule has 34 heavy (non-hydrogen) atoms. The van der Waals surface area contributed by atoms with E-state index in [2.05, 4.69) is 26.6 Å². The molecule has 0 saturated carbocycles. The second-order valence-corrected chi connectivity index (χ2v) is 9.75. The monoisotopic (exact) mass is 464 g/mol. The molecule has 180 valence electrons. The van der Waals surface area contributed by atoms with Crippen LogP contribution in [0.15, 0.2) is 30.3 Å². The lowest BCUT2D eigenvalue weighted by Gasteiger charge is -2.40. The normalized spacial score (nSPS) is 26.8. The average Bonchev–Trinajstić information content (AvgIpc) is 3.49. The molecule has 3 saturated heterocycles. The van der Waals surface area contributed by atoms with Gasteiger partial charge in [-0.1, -0.05) is 12.1 Å². The molecule has 2 bridgehead atoms.